The lowest BCUT2D eigenvalue weighted by Crippen LogP contribution is -2.54. The van der Waals surface area contributed by atoms with Crippen molar-refractivity contribution in [1.82, 2.24) is 25.1 Å². The van der Waals surface area contributed by atoms with Crippen LogP contribution in [0.1, 0.15) is 29.9 Å². The second-order valence-electron chi connectivity index (χ2n) is 7.87. The molecule has 9 heteroatoms. The summed E-state index contributed by atoms with van der Waals surface area (Å²) in [5, 5.41) is 11.5. The van der Waals surface area contributed by atoms with E-state index in [9.17, 15) is 4.79 Å². The molecule has 2 N–H and O–H groups in total. The SMILES string of the molecule is COc1ncc2c(N3C[C@@H](C)N[C@H](C)C3)ccc(C(=O)Nc3cc(C)n(C)n3)c2n1. The monoisotopic (exact) mass is 409 g/mol. The van der Waals surface area contributed by atoms with Gasteiger partial charge in [0.15, 0.2) is 5.82 Å². The van der Waals surface area contributed by atoms with Crippen LogP contribution in [0.25, 0.3) is 10.9 Å². The fourth-order valence-corrected chi connectivity index (χ4v) is 3.98. The summed E-state index contributed by atoms with van der Waals surface area (Å²) < 4.78 is 6.94. The number of nitrogens with zero attached hydrogens (tertiary/aromatic N) is 5. The molecule has 0 radical (unpaired) electrons. The highest BCUT2D eigenvalue weighted by atomic mass is 16.5. The highest BCUT2D eigenvalue weighted by molar-refractivity contribution is 6.13. The normalized spacial score (nSPS) is 19.2. The van der Waals surface area contributed by atoms with Crippen molar-refractivity contribution < 1.29 is 9.53 Å². The van der Waals surface area contributed by atoms with Crippen molar-refractivity contribution in [2.24, 2.45) is 7.05 Å². The molecule has 0 unspecified atom stereocenters. The van der Waals surface area contributed by atoms with Gasteiger partial charge in [-0.2, -0.15) is 10.1 Å². The lowest BCUT2D eigenvalue weighted by atomic mass is 10.0. The van der Waals surface area contributed by atoms with Crippen molar-refractivity contribution in [3.63, 3.8) is 0 Å². The van der Waals surface area contributed by atoms with Crippen LogP contribution < -0.4 is 20.3 Å². The standard InChI is InChI=1S/C21H27N7O2/c1-12-10-28(11-13(2)23-12)17-7-6-15(19-16(17)9-22-21(25-19)30-5)20(29)24-18-8-14(3)27(4)26-18/h6-9,12-13,23H,10-11H2,1-5H3,(H,24,26,29)/t12-,13-/m1/s1. The summed E-state index contributed by atoms with van der Waals surface area (Å²) in [6, 6.07) is 6.56. The molecule has 1 aromatic carbocycles. The van der Waals surface area contributed by atoms with Crippen LogP contribution in [-0.2, 0) is 7.05 Å². The maximum absolute atomic E-state index is 13.1. The number of hydrogen-bond acceptors (Lipinski definition) is 7. The van der Waals surface area contributed by atoms with Gasteiger partial charge in [-0.3, -0.25) is 9.48 Å². The summed E-state index contributed by atoms with van der Waals surface area (Å²) >= 11 is 0. The van der Waals surface area contributed by atoms with Crippen molar-refractivity contribution in [3.05, 3.63) is 35.7 Å². The van der Waals surface area contributed by atoms with E-state index in [1.54, 1.807) is 10.9 Å². The second-order valence-corrected chi connectivity index (χ2v) is 7.87. The Morgan fingerprint density at radius 2 is 2.00 bits per heavy atom. The minimum absolute atomic E-state index is 0.226. The molecule has 0 bridgehead atoms. The molecule has 9 nitrogen and oxygen atoms in total. The van der Waals surface area contributed by atoms with Crippen LogP contribution >= 0.6 is 0 Å². The van der Waals surface area contributed by atoms with Gasteiger partial charge in [0.1, 0.15) is 0 Å². The molecule has 1 saturated heterocycles. The van der Waals surface area contributed by atoms with Crippen molar-refractivity contribution in [2.75, 3.05) is 30.4 Å². The molecule has 0 aliphatic carbocycles. The zero-order valence-corrected chi connectivity index (χ0v) is 17.9. The van der Waals surface area contributed by atoms with Gasteiger partial charge < -0.3 is 20.3 Å². The number of carbonyl (C=O) groups is 1. The number of rotatable bonds is 4. The average Bonchev–Trinajstić information content (AvgIpc) is 3.02. The van der Waals surface area contributed by atoms with Crippen molar-refractivity contribution in [3.8, 4) is 6.01 Å². The first-order chi connectivity index (χ1) is 14.4. The van der Waals surface area contributed by atoms with Gasteiger partial charge in [0.25, 0.3) is 5.91 Å². The van der Waals surface area contributed by atoms with Crippen LogP contribution in [0.3, 0.4) is 0 Å². The Bertz CT molecular complexity index is 1060. The number of carbonyl (C=O) groups excluding carboxylic acids is 1. The summed E-state index contributed by atoms with van der Waals surface area (Å²) in [6.07, 6.45) is 1.73. The van der Waals surface area contributed by atoms with Gasteiger partial charge >= 0.3 is 6.01 Å². The summed E-state index contributed by atoms with van der Waals surface area (Å²) in [6.45, 7) is 8.00. The first-order valence-electron chi connectivity index (χ1n) is 10.0. The number of aromatic nitrogens is 4. The van der Waals surface area contributed by atoms with E-state index in [1.807, 2.05) is 32.2 Å². The Morgan fingerprint density at radius 1 is 1.27 bits per heavy atom. The number of fused-ring (bicyclic) bond motifs is 1. The van der Waals surface area contributed by atoms with Gasteiger partial charge in [-0.15, -0.1) is 0 Å². The van der Waals surface area contributed by atoms with Gasteiger partial charge in [-0.05, 0) is 32.9 Å². The van der Waals surface area contributed by atoms with Crippen LogP contribution in [0, 0.1) is 6.92 Å². The summed E-state index contributed by atoms with van der Waals surface area (Å²) in [7, 11) is 3.35. The van der Waals surface area contributed by atoms with E-state index < -0.39 is 0 Å². The molecule has 0 spiro atoms. The Hall–Kier alpha value is -3.20. The van der Waals surface area contributed by atoms with Crippen molar-refractivity contribution in [1.29, 1.82) is 0 Å². The van der Waals surface area contributed by atoms with Gasteiger partial charge in [-0.1, -0.05) is 0 Å². The minimum atomic E-state index is -0.271. The smallest absolute Gasteiger partial charge is 0.316 e. The zero-order chi connectivity index (χ0) is 21.4. The van der Waals surface area contributed by atoms with Crippen LogP contribution in [0.2, 0.25) is 0 Å². The predicted octanol–water partition coefficient (Wildman–Crippen LogP) is 2.12. The Kier molecular flexibility index (Phi) is 5.29. The molecule has 1 aliphatic rings. The highest BCUT2D eigenvalue weighted by Crippen LogP contribution is 2.31. The number of ether oxygens (including phenoxy) is 1. The maximum atomic E-state index is 13.1. The highest BCUT2D eigenvalue weighted by Gasteiger charge is 2.24. The molecular weight excluding hydrogens is 382 g/mol. The number of anilines is 2. The van der Waals surface area contributed by atoms with E-state index >= 15 is 0 Å². The molecule has 2 atom stereocenters. The molecule has 30 heavy (non-hydrogen) atoms. The van der Waals surface area contributed by atoms with E-state index in [4.69, 9.17) is 4.74 Å². The molecule has 3 aromatic rings. The van der Waals surface area contributed by atoms with E-state index in [1.165, 1.54) is 7.11 Å². The molecule has 3 heterocycles. The summed E-state index contributed by atoms with van der Waals surface area (Å²) in [5.74, 6) is 0.232. The topological polar surface area (TPSA) is 97.2 Å². The number of aryl methyl sites for hydroxylation is 2. The number of amides is 1. The Labute approximate surface area is 175 Å². The van der Waals surface area contributed by atoms with Crippen LogP contribution in [0.4, 0.5) is 11.5 Å². The summed E-state index contributed by atoms with van der Waals surface area (Å²) in [4.78, 5) is 24.2. The molecule has 1 amide bonds. The lowest BCUT2D eigenvalue weighted by Gasteiger charge is -2.38. The first kappa shape index (κ1) is 20.1. The number of nitrogens with one attached hydrogen (secondary N) is 2. The fraction of sp³-hybridized carbons (Fsp3) is 0.429. The fourth-order valence-electron chi connectivity index (χ4n) is 3.98. The molecule has 4 rings (SSSR count). The molecule has 2 aromatic heterocycles. The van der Waals surface area contributed by atoms with E-state index in [0.717, 1.165) is 29.9 Å². The molecular formula is C21H27N7O2. The largest absolute Gasteiger partial charge is 0.467 e. The summed E-state index contributed by atoms with van der Waals surface area (Å²) in [5.41, 5.74) is 2.98. The Balaban J connectivity index is 1.76. The number of hydrogen-bond donors (Lipinski definition) is 2. The van der Waals surface area contributed by atoms with Gasteiger partial charge in [0.05, 0.1) is 18.2 Å². The van der Waals surface area contributed by atoms with Crippen molar-refractivity contribution in [2.45, 2.75) is 32.9 Å². The third kappa shape index (κ3) is 3.80. The second kappa shape index (κ2) is 7.91. The number of benzene rings is 1. The van der Waals surface area contributed by atoms with Gasteiger partial charge in [0, 0.05) is 61.3 Å². The first-order valence-corrected chi connectivity index (χ1v) is 10.0. The van der Waals surface area contributed by atoms with Crippen molar-refractivity contribution >= 4 is 28.3 Å². The molecule has 0 saturated carbocycles. The minimum Gasteiger partial charge on any atom is -0.467 e. The Morgan fingerprint density at radius 3 is 2.63 bits per heavy atom. The van der Waals surface area contributed by atoms with E-state index in [2.05, 4.69) is 44.4 Å². The predicted molar refractivity (Wildman–Crippen MR) is 116 cm³/mol. The van der Waals surface area contributed by atoms with E-state index in [-0.39, 0.29) is 11.9 Å². The van der Waals surface area contributed by atoms with E-state index in [0.29, 0.717) is 29.0 Å². The quantitative estimate of drug-likeness (QED) is 0.681. The number of piperazine rings is 1. The van der Waals surface area contributed by atoms with Gasteiger partial charge in [-0.25, -0.2) is 4.98 Å². The van der Waals surface area contributed by atoms with Crippen LogP contribution in [0.15, 0.2) is 24.4 Å². The third-order valence-corrected chi connectivity index (χ3v) is 5.39. The molecule has 1 fully saturated rings. The molecule has 1 aliphatic heterocycles. The average molecular weight is 409 g/mol. The zero-order valence-electron chi connectivity index (χ0n) is 17.9. The molecule has 158 valence electrons. The van der Waals surface area contributed by atoms with Crippen LogP contribution in [-0.4, -0.2) is 57.9 Å². The maximum Gasteiger partial charge on any atom is 0.316 e. The third-order valence-electron chi connectivity index (χ3n) is 5.39. The lowest BCUT2D eigenvalue weighted by molar-refractivity contribution is 0.102. The van der Waals surface area contributed by atoms with Crippen LogP contribution in [0.5, 0.6) is 6.01 Å². The van der Waals surface area contributed by atoms with Gasteiger partial charge in [0.2, 0.25) is 0 Å². The number of methoxy groups -OCH3 is 1.